The normalized spacial score (nSPS) is 11.2. The van der Waals surface area contributed by atoms with Crippen LogP contribution in [0.25, 0.3) is 0 Å². The van der Waals surface area contributed by atoms with Crippen LogP contribution < -0.4 is 11.1 Å². The number of nitrogens with two attached hydrogens (primary N) is 1. The first-order valence-corrected chi connectivity index (χ1v) is 5.33. The molecule has 0 aliphatic rings. The molecule has 0 bridgehead atoms. The summed E-state index contributed by atoms with van der Waals surface area (Å²) in [5.41, 5.74) is 5.49. The largest absolute Gasteiger partial charge is 0.366 e. The molecule has 0 fully saturated rings. The number of unbranched alkanes of at least 4 members (excludes halogenated alkanes) is 3. The summed E-state index contributed by atoms with van der Waals surface area (Å²) in [4.78, 5) is 22.0. The highest BCUT2D eigenvalue weighted by molar-refractivity contribution is 6.00. The number of nitrogens with one attached hydrogen (secondary N) is 1. The molecule has 86 valence electrons. The Labute approximate surface area is 90.9 Å². The molecule has 4 heteroatoms. The van der Waals surface area contributed by atoms with E-state index in [2.05, 4.69) is 12.2 Å². The zero-order valence-corrected chi connectivity index (χ0v) is 9.51. The molecule has 0 heterocycles. The van der Waals surface area contributed by atoms with Gasteiger partial charge in [0, 0.05) is 18.7 Å². The Balaban J connectivity index is 4.15. The minimum Gasteiger partial charge on any atom is -0.366 e. The van der Waals surface area contributed by atoms with Gasteiger partial charge in [0.05, 0.1) is 0 Å². The Morgan fingerprint density at radius 1 is 1.27 bits per heavy atom. The third kappa shape index (κ3) is 6.71. The van der Waals surface area contributed by atoms with Crippen molar-refractivity contribution >= 4 is 11.8 Å². The van der Waals surface area contributed by atoms with Crippen molar-refractivity contribution in [2.45, 2.75) is 39.0 Å². The molecule has 0 rings (SSSR count). The number of amides is 2. The van der Waals surface area contributed by atoms with Crippen molar-refractivity contribution in [1.82, 2.24) is 5.32 Å². The SMILES string of the molecule is CCCCCCC(=CC(N)=O)C(=O)NC. The van der Waals surface area contributed by atoms with E-state index >= 15 is 0 Å². The van der Waals surface area contributed by atoms with Crippen molar-refractivity contribution in [2.24, 2.45) is 5.73 Å². The highest BCUT2D eigenvalue weighted by Gasteiger charge is 2.07. The van der Waals surface area contributed by atoms with Gasteiger partial charge >= 0.3 is 0 Å². The van der Waals surface area contributed by atoms with Crippen LogP contribution in [0.4, 0.5) is 0 Å². The quantitative estimate of drug-likeness (QED) is 0.490. The minimum atomic E-state index is -0.566. The summed E-state index contributed by atoms with van der Waals surface area (Å²) in [6, 6.07) is 0. The van der Waals surface area contributed by atoms with Crippen molar-refractivity contribution < 1.29 is 9.59 Å². The molecule has 0 aromatic heterocycles. The first-order valence-electron chi connectivity index (χ1n) is 5.33. The molecule has 0 aliphatic carbocycles. The maximum Gasteiger partial charge on any atom is 0.247 e. The maximum absolute atomic E-state index is 11.3. The third-order valence-corrected chi connectivity index (χ3v) is 2.13. The first-order chi connectivity index (χ1) is 7.11. The average molecular weight is 212 g/mol. The molecule has 15 heavy (non-hydrogen) atoms. The monoisotopic (exact) mass is 212 g/mol. The number of carbonyl (C=O) groups excluding carboxylic acids is 2. The van der Waals surface area contributed by atoms with Crippen LogP contribution in [0.5, 0.6) is 0 Å². The third-order valence-electron chi connectivity index (χ3n) is 2.13. The summed E-state index contributed by atoms with van der Waals surface area (Å²) in [6.45, 7) is 2.12. The Morgan fingerprint density at radius 2 is 1.93 bits per heavy atom. The van der Waals surface area contributed by atoms with Gasteiger partial charge in [-0.05, 0) is 12.8 Å². The van der Waals surface area contributed by atoms with Gasteiger partial charge in [-0.1, -0.05) is 26.2 Å². The van der Waals surface area contributed by atoms with Crippen LogP contribution in [0.3, 0.4) is 0 Å². The van der Waals surface area contributed by atoms with Crippen molar-refractivity contribution in [3.63, 3.8) is 0 Å². The zero-order valence-electron chi connectivity index (χ0n) is 9.51. The summed E-state index contributed by atoms with van der Waals surface area (Å²) >= 11 is 0. The summed E-state index contributed by atoms with van der Waals surface area (Å²) in [6.07, 6.45) is 6.11. The van der Waals surface area contributed by atoms with E-state index in [1.807, 2.05) is 0 Å². The second-order valence-electron chi connectivity index (χ2n) is 3.46. The lowest BCUT2D eigenvalue weighted by atomic mass is 10.1. The Morgan fingerprint density at radius 3 is 2.40 bits per heavy atom. The summed E-state index contributed by atoms with van der Waals surface area (Å²) < 4.78 is 0. The molecule has 0 spiro atoms. The van der Waals surface area contributed by atoms with Gasteiger partial charge in [0.25, 0.3) is 0 Å². The lowest BCUT2D eigenvalue weighted by Crippen LogP contribution is -2.22. The highest BCUT2D eigenvalue weighted by atomic mass is 16.2. The number of primary amides is 1. The maximum atomic E-state index is 11.3. The topological polar surface area (TPSA) is 72.2 Å². The fraction of sp³-hybridized carbons (Fsp3) is 0.636. The summed E-state index contributed by atoms with van der Waals surface area (Å²) in [7, 11) is 1.54. The molecular formula is C11H20N2O2. The molecule has 2 amide bonds. The van der Waals surface area contributed by atoms with E-state index < -0.39 is 5.91 Å². The van der Waals surface area contributed by atoms with E-state index in [1.165, 1.54) is 6.08 Å². The van der Waals surface area contributed by atoms with Crippen LogP contribution in [-0.2, 0) is 9.59 Å². The number of hydrogen-bond acceptors (Lipinski definition) is 2. The highest BCUT2D eigenvalue weighted by Crippen LogP contribution is 2.10. The second kappa shape index (κ2) is 8.03. The fourth-order valence-corrected chi connectivity index (χ4v) is 1.33. The molecule has 3 N–H and O–H groups in total. The standard InChI is InChI=1S/C11H20N2O2/c1-3-4-5-6-7-9(8-10(12)14)11(15)13-2/h8H,3-7H2,1-2H3,(H2,12,14)(H,13,15). The predicted molar refractivity (Wildman–Crippen MR) is 60.1 cm³/mol. The molecule has 0 saturated carbocycles. The lowest BCUT2D eigenvalue weighted by molar-refractivity contribution is -0.118. The first kappa shape index (κ1) is 13.7. The van der Waals surface area contributed by atoms with Gasteiger partial charge < -0.3 is 11.1 Å². The van der Waals surface area contributed by atoms with E-state index in [4.69, 9.17) is 5.73 Å². The molecule has 0 aliphatic heterocycles. The van der Waals surface area contributed by atoms with Crippen LogP contribution in [0, 0.1) is 0 Å². The molecule has 0 aromatic carbocycles. The molecule has 0 radical (unpaired) electrons. The van der Waals surface area contributed by atoms with Gasteiger partial charge in [-0.25, -0.2) is 0 Å². The van der Waals surface area contributed by atoms with Gasteiger partial charge in [0.15, 0.2) is 0 Å². The zero-order chi connectivity index (χ0) is 11.7. The Bertz CT molecular complexity index is 247. The Hall–Kier alpha value is -1.32. The summed E-state index contributed by atoms with van der Waals surface area (Å²) in [5.74, 6) is -0.783. The molecule has 4 nitrogen and oxygen atoms in total. The molecule has 0 atom stereocenters. The van der Waals surface area contributed by atoms with Crippen molar-refractivity contribution in [3.05, 3.63) is 11.6 Å². The number of carbonyl (C=O) groups is 2. The molecule has 0 unspecified atom stereocenters. The predicted octanol–water partition coefficient (Wildman–Crippen LogP) is 1.11. The minimum absolute atomic E-state index is 0.217. The molecule has 0 aromatic rings. The number of rotatable bonds is 7. The van der Waals surface area contributed by atoms with E-state index in [0.29, 0.717) is 12.0 Å². The van der Waals surface area contributed by atoms with Gasteiger partial charge in [-0.15, -0.1) is 0 Å². The van der Waals surface area contributed by atoms with Crippen molar-refractivity contribution in [3.8, 4) is 0 Å². The van der Waals surface area contributed by atoms with E-state index in [1.54, 1.807) is 7.05 Å². The van der Waals surface area contributed by atoms with E-state index in [-0.39, 0.29) is 5.91 Å². The average Bonchev–Trinajstić information content (AvgIpc) is 2.21. The Kier molecular flexibility index (Phi) is 7.32. The van der Waals surface area contributed by atoms with Crippen molar-refractivity contribution in [1.29, 1.82) is 0 Å². The summed E-state index contributed by atoms with van der Waals surface area (Å²) in [5, 5.41) is 2.50. The van der Waals surface area contributed by atoms with Gasteiger partial charge in [-0.2, -0.15) is 0 Å². The van der Waals surface area contributed by atoms with E-state index in [9.17, 15) is 9.59 Å². The van der Waals surface area contributed by atoms with Crippen LogP contribution in [0.1, 0.15) is 39.0 Å². The van der Waals surface area contributed by atoms with Crippen LogP contribution in [-0.4, -0.2) is 18.9 Å². The second-order valence-corrected chi connectivity index (χ2v) is 3.46. The van der Waals surface area contributed by atoms with Crippen molar-refractivity contribution in [2.75, 3.05) is 7.05 Å². The fourth-order valence-electron chi connectivity index (χ4n) is 1.33. The molecular weight excluding hydrogens is 192 g/mol. The van der Waals surface area contributed by atoms with E-state index in [0.717, 1.165) is 25.7 Å². The van der Waals surface area contributed by atoms with Crippen LogP contribution in [0.15, 0.2) is 11.6 Å². The van der Waals surface area contributed by atoms with Gasteiger partial charge in [-0.3, -0.25) is 9.59 Å². The lowest BCUT2D eigenvalue weighted by Gasteiger charge is -2.04. The van der Waals surface area contributed by atoms with Crippen LogP contribution in [0.2, 0.25) is 0 Å². The number of likely N-dealkylation sites (N-methyl/N-ethyl adjacent to an activating group) is 1. The van der Waals surface area contributed by atoms with Gasteiger partial charge in [0.1, 0.15) is 0 Å². The number of hydrogen-bond donors (Lipinski definition) is 2. The molecule has 0 saturated heterocycles. The van der Waals surface area contributed by atoms with Crippen LogP contribution >= 0.6 is 0 Å². The van der Waals surface area contributed by atoms with Gasteiger partial charge in [0.2, 0.25) is 11.8 Å². The smallest absolute Gasteiger partial charge is 0.247 e.